The minimum Gasteiger partial charge on any atom is -0.493 e. The third-order valence-corrected chi connectivity index (χ3v) is 7.31. The Labute approximate surface area is 221 Å². The maximum Gasteiger partial charge on any atom is 0.389 e. The number of halogens is 3. The Balaban J connectivity index is 1.73. The van der Waals surface area contributed by atoms with E-state index in [1.165, 1.54) is 42.9 Å². The maximum absolute atomic E-state index is 13.0. The Morgan fingerprint density at radius 3 is 2.51 bits per heavy atom. The lowest BCUT2D eigenvalue weighted by Crippen LogP contribution is -2.26. The van der Waals surface area contributed by atoms with Gasteiger partial charge in [0.2, 0.25) is 0 Å². The van der Waals surface area contributed by atoms with Crippen LogP contribution >= 0.6 is 11.3 Å². The van der Waals surface area contributed by atoms with Gasteiger partial charge in [-0.2, -0.15) is 13.2 Å². The fourth-order valence-corrected chi connectivity index (χ4v) is 5.32. The molecule has 0 N–H and O–H groups in total. The number of hydrogen-bond donors (Lipinski definition) is 0. The zero-order valence-corrected chi connectivity index (χ0v) is 22.6. The first kappa shape index (κ1) is 28.8. The number of fused-ring (bicyclic) bond motifs is 1. The number of benzene rings is 2. The van der Waals surface area contributed by atoms with Crippen molar-refractivity contribution >= 4 is 27.4 Å². The highest BCUT2D eigenvalue weighted by Crippen LogP contribution is 2.38. The lowest BCUT2D eigenvalue weighted by molar-refractivity contribution is -0.158. The third-order valence-electron chi connectivity index (χ3n) is 6.18. The molecule has 0 spiro atoms. The molecule has 1 unspecified atom stereocenters. The van der Waals surface area contributed by atoms with Gasteiger partial charge in [0.1, 0.15) is 5.75 Å². The summed E-state index contributed by atoms with van der Waals surface area (Å²) in [7, 11) is 0. The number of alkyl halides is 3. The molecule has 0 radical (unpaired) electrons. The molecule has 7 heteroatoms. The molecule has 0 aliphatic carbocycles. The van der Waals surface area contributed by atoms with Crippen LogP contribution in [-0.4, -0.2) is 25.4 Å². The van der Waals surface area contributed by atoms with E-state index in [1.807, 2.05) is 12.1 Å². The zero-order valence-electron chi connectivity index (χ0n) is 21.7. The number of unbranched alkanes of at least 4 members (excludes halogenated alkanes) is 2. The number of esters is 1. The number of ether oxygens (including phenoxy) is 2. The van der Waals surface area contributed by atoms with Crippen LogP contribution in [0.5, 0.6) is 5.75 Å². The topological polar surface area (TPSA) is 35.5 Å². The van der Waals surface area contributed by atoms with Crippen LogP contribution in [0.2, 0.25) is 0 Å². The summed E-state index contributed by atoms with van der Waals surface area (Å²) in [6, 6.07) is 14.4. The van der Waals surface area contributed by atoms with E-state index in [4.69, 9.17) is 9.47 Å². The standard InChI is InChI=1S/C30H35F3O3S/c1-5-7-8-9-21-10-13-26(23(6-2)14-21)28-15-24-11-12-25(16-27(24)37-28)35-18-22(17-30(31,32)33)19-36-29(34)20(3)4/h10-16,22H,3,5-9,17-19H2,1-2,4H3. The van der Waals surface area contributed by atoms with Crippen molar-refractivity contribution in [2.75, 3.05) is 13.2 Å². The fourth-order valence-electron chi connectivity index (χ4n) is 4.17. The van der Waals surface area contributed by atoms with E-state index < -0.39 is 24.5 Å². The van der Waals surface area contributed by atoms with Crippen LogP contribution in [0, 0.1) is 5.92 Å². The van der Waals surface area contributed by atoms with Crippen LogP contribution in [-0.2, 0) is 22.4 Å². The average molecular weight is 533 g/mol. The molecule has 0 aliphatic heterocycles. The van der Waals surface area contributed by atoms with Gasteiger partial charge in [-0.15, -0.1) is 11.3 Å². The molecule has 1 atom stereocenters. The molecule has 0 bridgehead atoms. The molecule has 3 rings (SSSR count). The summed E-state index contributed by atoms with van der Waals surface area (Å²) in [6.07, 6.45) is 0.184. The predicted molar refractivity (Wildman–Crippen MR) is 145 cm³/mol. The first-order valence-corrected chi connectivity index (χ1v) is 13.6. The van der Waals surface area contributed by atoms with Crippen molar-refractivity contribution < 1.29 is 27.4 Å². The lowest BCUT2D eigenvalue weighted by atomic mass is 9.98. The number of rotatable bonds is 13. The molecule has 2 aromatic carbocycles. The third kappa shape index (κ3) is 8.63. The molecular weight excluding hydrogens is 497 g/mol. The molecule has 37 heavy (non-hydrogen) atoms. The van der Waals surface area contributed by atoms with Crippen molar-refractivity contribution in [1.82, 2.24) is 0 Å². The van der Waals surface area contributed by atoms with Crippen molar-refractivity contribution in [2.45, 2.75) is 65.5 Å². The van der Waals surface area contributed by atoms with Crippen LogP contribution < -0.4 is 4.74 Å². The van der Waals surface area contributed by atoms with Gasteiger partial charge in [0.25, 0.3) is 0 Å². The first-order chi connectivity index (χ1) is 17.6. The maximum atomic E-state index is 13.0. The highest BCUT2D eigenvalue weighted by molar-refractivity contribution is 7.22. The molecule has 0 saturated carbocycles. The average Bonchev–Trinajstić information content (AvgIpc) is 3.27. The minimum absolute atomic E-state index is 0.142. The van der Waals surface area contributed by atoms with Gasteiger partial charge in [-0.05, 0) is 72.5 Å². The molecule has 3 nitrogen and oxygen atoms in total. The van der Waals surface area contributed by atoms with E-state index in [9.17, 15) is 18.0 Å². The van der Waals surface area contributed by atoms with Gasteiger partial charge in [-0.3, -0.25) is 0 Å². The van der Waals surface area contributed by atoms with Crippen molar-refractivity contribution in [3.8, 4) is 16.2 Å². The Bertz CT molecular complexity index is 1210. The summed E-state index contributed by atoms with van der Waals surface area (Å²) < 4.78 is 50.8. The van der Waals surface area contributed by atoms with Crippen LogP contribution in [0.4, 0.5) is 13.2 Å². The van der Waals surface area contributed by atoms with Crippen LogP contribution in [0.1, 0.15) is 57.6 Å². The highest BCUT2D eigenvalue weighted by Gasteiger charge is 2.33. The Kier molecular flexibility index (Phi) is 10.2. The summed E-state index contributed by atoms with van der Waals surface area (Å²) in [5.74, 6) is -1.23. The fraction of sp³-hybridized carbons (Fsp3) is 0.433. The van der Waals surface area contributed by atoms with Gasteiger partial charge in [-0.1, -0.05) is 51.5 Å². The summed E-state index contributed by atoms with van der Waals surface area (Å²) in [6.45, 7) is 8.68. The Hall–Kier alpha value is -2.80. The molecule has 1 aromatic heterocycles. The molecule has 0 aliphatic rings. The number of thiophene rings is 1. The second kappa shape index (κ2) is 13.1. The number of carbonyl (C=O) groups excluding carboxylic acids is 1. The van der Waals surface area contributed by atoms with E-state index in [1.54, 1.807) is 17.4 Å². The largest absolute Gasteiger partial charge is 0.493 e. The summed E-state index contributed by atoms with van der Waals surface area (Å²) in [5.41, 5.74) is 4.04. The van der Waals surface area contributed by atoms with Gasteiger partial charge < -0.3 is 9.47 Å². The van der Waals surface area contributed by atoms with E-state index in [0.717, 1.165) is 27.8 Å². The van der Waals surface area contributed by atoms with Crippen molar-refractivity contribution in [3.05, 3.63) is 65.7 Å². The summed E-state index contributed by atoms with van der Waals surface area (Å²) >= 11 is 1.64. The Morgan fingerprint density at radius 1 is 1.05 bits per heavy atom. The predicted octanol–water partition coefficient (Wildman–Crippen LogP) is 8.93. The SMILES string of the molecule is C=C(C)C(=O)OCC(COc1ccc2cc(-c3ccc(CCCCC)cc3CC)sc2c1)CC(F)(F)F. The number of hydrogen-bond acceptors (Lipinski definition) is 4. The van der Waals surface area contributed by atoms with E-state index in [-0.39, 0.29) is 18.8 Å². The minimum atomic E-state index is -4.39. The number of aryl methyl sites for hydroxylation is 2. The molecule has 0 fully saturated rings. The molecule has 3 aromatic rings. The van der Waals surface area contributed by atoms with E-state index in [0.29, 0.717) is 5.75 Å². The molecule has 0 saturated heterocycles. The van der Waals surface area contributed by atoms with Gasteiger partial charge in [0.05, 0.1) is 19.6 Å². The number of carbonyl (C=O) groups is 1. The van der Waals surface area contributed by atoms with Gasteiger partial charge >= 0.3 is 12.1 Å². The summed E-state index contributed by atoms with van der Waals surface area (Å²) in [4.78, 5) is 12.8. The molecular formula is C30H35F3O3S. The van der Waals surface area contributed by atoms with Gasteiger partial charge in [0.15, 0.2) is 0 Å². The highest BCUT2D eigenvalue weighted by atomic mass is 32.1. The van der Waals surface area contributed by atoms with E-state index >= 15 is 0 Å². The quantitative estimate of drug-likeness (QED) is 0.125. The van der Waals surface area contributed by atoms with Crippen molar-refractivity contribution in [2.24, 2.45) is 5.92 Å². The summed E-state index contributed by atoms with van der Waals surface area (Å²) in [5, 5.41) is 1.06. The zero-order chi connectivity index (χ0) is 27.0. The smallest absolute Gasteiger partial charge is 0.389 e. The van der Waals surface area contributed by atoms with Gasteiger partial charge in [0, 0.05) is 21.1 Å². The van der Waals surface area contributed by atoms with Crippen molar-refractivity contribution in [1.29, 1.82) is 0 Å². The molecule has 1 heterocycles. The van der Waals surface area contributed by atoms with Crippen molar-refractivity contribution in [3.63, 3.8) is 0 Å². The van der Waals surface area contributed by atoms with Crippen LogP contribution in [0.3, 0.4) is 0 Å². The molecule has 200 valence electrons. The second-order valence-corrected chi connectivity index (χ2v) is 10.6. The van der Waals surface area contributed by atoms with E-state index in [2.05, 4.69) is 44.7 Å². The normalized spacial score (nSPS) is 12.5. The van der Waals surface area contributed by atoms with Crippen LogP contribution in [0.25, 0.3) is 20.5 Å². The lowest BCUT2D eigenvalue weighted by Gasteiger charge is -2.19. The Morgan fingerprint density at radius 2 is 1.84 bits per heavy atom. The monoisotopic (exact) mass is 532 g/mol. The first-order valence-electron chi connectivity index (χ1n) is 12.8. The molecule has 0 amide bonds. The second-order valence-electron chi connectivity index (χ2n) is 9.49. The van der Waals surface area contributed by atoms with Gasteiger partial charge in [-0.25, -0.2) is 4.79 Å². The van der Waals surface area contributed by atoms with Crippen LogP contribution in [0.15, 0.2) is 54.6 Å².